The summed E-state index contributed by atoms with van der Waals surface area (Å²) in [7, 11) is 0. The van der Waals surface area contributed by atoms with Crippen LogP contribution in [-0.4, -0.2) is 53.6 Å². The van der Waals surface area contributed by atoms with Crippen LogP contribution in [0.25, 0.3) is 0 Å². The summed E-state index contributed by atoms with van der Waals surface area (Å²) in [5, 5.41) is 1.78. The zero-order valence-electron chi connectivity index (χ0n) is 13.2. The van der Waals surface area contributed by atoms with Gasteiger partial charge in [0.25, 0.3) is 5.91 Å². The summed E-state index contributed by atoms with van der Waals surface area (Å²) in [6, 6.07) is 0. The van der Waals surface area contributed by atoms with Gasteiger partial charge in [-0.15, -0.1) is 0 Å². The first-order chi connectivity index (χ1) is 10.6. The van der Waals surface area contributed by atoms with Gasteiger partial charge < -0.3 is 10.1 Å². The molecule has 2 aliphatic rings. The lowest BCUT2D eigenvalue weighted by Crippen LogP contribution is -2.64. The van der Waals surface area contributed by atoms with E-state index < -0.39 is 29.6 Å². The predicted molar refractivity (Wildman–Crippen MR) is 75.6 cm³/mol. The Morgan fingerprint density at radius 2 is 2.17 bits per heavy atom. The van der Waals surface area contributed by atoms with Crippen LogP contribution in [0.1, 0.15) is 33.6 Å². The fraction of sp³-hybridized carbons (Fsp3) is 0.786. The number of rotatable bonds is 4. The number of nitrogens with zero attached hydrogens (tertiary/aromatic N) is 2. The number of amidine groups is 1. The number of hydrogen-bond acceptors (Lipinski definition) is 4. The molecule has 0 aromatic carbocycles. The van der Waals surface area contributed by atoms with Crippen LogP contribution in [0.2, 0.25) is 0 Å². The molecule has 9 heteroatoms. The number of alkyl halides is 3. The summed E-state index contributed by atoms with van der Waals surface area (Å²) in [5.74, 6) is -2.95. The molecule has 0 bridgehead atoms. The molecule has 0 aromatic rings. The van der Waals surface area contributed by atoms with E-state index >= 15 is 0 Å². The summed E-state index contributed by atoms with van der Waals surface area (Å²) in [5.41, 5.74) is -3.24. The average Bonchev–Trinajstić information content (AvgIpc) is 3.01. The Hall–Kier alpha value is -1.64. The van der Waals surface area contributed by atoms with Gasteiger partial charge in [0.2, 0.25) is 5.91 Å². The van der Waals surface area contributed by atoms with Gasteiger partial charge in [0.1, 0.15) is 5.84 Å². The Balaban J connectivity index is 2.29. The van der Waals surface area contributed by atoms with E-state index in [1.165, 1.54) is 20.8 Å². The van der Waals surface area contributed by atoms with Crippen molar-refractivity contribution in [3.8, 4) is 0 Å². The number of aliphatic imine (C=N–C) groups is 1. The first-order valence-electron chi connectivity index (χ1n) is 7.47. The molecule has 2 amide bonds. The summed E-state index contributed by atoms with van der Waals surface area (Å²) < 4.78 is 46.0. The van der Waals surface area contributed by atoms with E-state index in [1.807, 2.05) is 0 Å². The number of amides is 2. The molecule has 1 saturated heterocycles. The van der Waals surface area contributed by atoms with E-state index in [-0.39, 0.29) is 18.5 Å². The van der Waals surface area contributed by atoms with E-state index in [1.54, 1.807) is 5.32 Å². The van der Waals surface area contributed by atoms with Crippen LogP contribution in [0, 0.1) is 5.92 Å². The van der Waals surface area contributed by atoms with E-state index in [0.29, 0.717) is 13.0 Å². The molecule has 2 aliphatic heterocycles. The van der Waals surface area contributed by atoms with Crippen molar-refractivity contribution >= 4 is 17.6 Å². The van der Waals surface area contributed by atoms with Gasteiger partial charge in [0.15, 0.2) is 0 Å². The average molecular weight is 335 g/mol. The number of nitrogens with one attached hydrogen (secondary N) is 1. The predicted octanol–water partition coefficient (Wildman–Crippen LogP) is 1.46. The molecule has 0 saturated carbocycles. The van der Waals surface area contributed by atoms with Crippen molar-refractivity contribution in [3.05, 3.63) is 0 Å². The third-order valence-electron chi connectivity index (χ3n) is 3.92. The van der Waals surface area contributed by atoms with Gasteiger partial charge in [-0.2, -0.15) is 13.2 Å². The Kier molecular flexibility index (Phi) is 4.70. The van der Waals surface area contributed by atoms with E-state index in [2.05, 4.69) is 4.99 Å². The number of carbonyl (C=O) groups excluding carboxylic acids is 2. The first-order valence-corrected chi connectivity index (χ1v) is 7.47. The molecule has 23 heavy (non-hydrogen) atoms. The van der Waals surface area contributed by atoms with Gasteiger partial charge in [0, 0.05) is 12.5 Å². The van der Waals surface area contributed by atoms with Crippen molar-refractivity contribution in [1.82, 2.24) is 10.2 Å². The third kappa shape index (κ3) is 3.19. The van der Waals surface area contributed by atoms with Crippen LogP contribution >= 0.6 is 0 Å². The second-order valence-electron chi connectivity index (χ2n) is 6.06. The standard InChI is InChI=1S/C14H20F3N3O3/c1-8(2)11(21)19-13(14(15,16)17)12(22)20(9(3)18-13)7-10-5-4-6-23-10/h8,10H,4-7H2,1-3H3,(H,19,21). The molecule has 2 heterocycles. The fourth-order valence-corrected chi connectivity index (χ4v) is 2.56. The van der Waals surface area contributed by atoms with Gasteiger partial charge in [0.05, 0.1) is 12.6 Å². The summed E-state index contributed by atoms with van der Waals surface area (Å²) >= 11 is 0. The highest BCUT2D eigenvalue weighted by Crippen LogP contribution is 2.37. The van der Waals surface area contributed by atoms with Crippen molar-refractivity contribution in [2.24, 2.45) is 10.9 Å². The fourth-order valence-electron chi connectivity index (χ4n) is 2.56. The highest BCUT2D eigenvalue weighted by molar-refractivity contribution is 6.09. The van der Waals surface area contributed by atoms with Gasteiger partial charge in [-0.1, -0.05) is 13.8 Å². The zero-order chi connectivity index (χ0) is 17.4. The van der Waals surface area contributed by atoms with Crippen LogP contribution in [0.4, 0.5) is 13.2 Å². The number of carbonyl (C=O) groups is 2. The molecule has 2 unspecified atom stereocenters. The molecule has 0 spiro atoms. The minimum Gasteiger partial charge on any atom is -0.376 e. The summed E-state index contributed by atoms with van der Waals surface area (Å²) in [6.07, 6.45) is -3.86. The molecule has 0 aliphatic carbocycles. The lowest BCUT2D eigenvalue weighted by Gasteiger charge is -2.30. The van der Waals surface area contributed by atoms with Crippen molar-refractivity contribution in [3.63, 3.8) is 0 Å². The Labute approximate surface area is 132 Å². The minimum atomic E-state index is -5.03. The summed E-state index contributed by atoms with van der Waals surface area (Å²) in [4.78, 5) is 28.7. The smallest absolute Gasteiger partial charge is 0.376 e. The molecule has 0 aromatic heterocycles. The monoisotopic (exact) mass is 335 g/mol. The molecule has 1 fully saturated rings. The van der Waals surface area contributed by atoms with Gasteiger partial charge >= 0.3 is 11.8 Å². The Morgan fingerprint density at radius 3 is 2.65 bits per heavy atom. The van der Waals surface area contributed by atoms with E-state index in [4.69, 9.17) is 4.74 Å². The number of hydrogen-bond donors (Lipinski definition) is 1. The molecular weight excluding hydrogens is 315 g/mol. The SMILES string of the molecule is CC1=NC(NC(=O)C(C)C)(C(F)(F)F)C(=O)N1CC1CCCO1. The van der Waals surface area contributed by atoms with E-state index in [0.717, 1.165) is 11.3 Å². The van der Waals surface area contributed by atoms with Gasteiger partial charge in [-0.25, -0.2) is 4.99 Å². The number of ether oxygens (including phenoxy) is 1. The zero-order valence-corrected chi connectivity index (χ0v) is 13.2. The molecular formula is C14H20F3N3O3. The van der Waals surface area contributed by atoms with Crippen LogP contribution in [0.5, 0.6) is 0 Å². The van der Waals surface area contributed by atoms with Crippen molar-refractivity contribution < 1.29 is 27.5 Å². The second-order valence-corrected chi connectivity index (χ2v) is 6.06. The van der Waals surface area contributed by atoms with Crippen molar-refractivity contribution in [1.29, 1.82) is 0 Å². The molecule has 130 valence electrons. The van der Waals surface area contributed by atoms with Crippen molar-refractivity contribution in [2.75, 3.05) is 13.2 Å². The number of halogens is 3. The van der Waals surface area contributed by atoms with Crippen LogP contribution in [-0.2, 0) is 14.3 Å². The molecule has 2 rings (SSSR count). The Morgan fingerprint density at radius 1 is 1.52 bits per heavy atom. The molecule has 2 atom stereocenters. The van der Waals surface area contributed by atoms with Crippen LogP contribution in [0.3, 0.4) is 0 Å². The second kappa shape index (κ2) is 6.10. The maximum absolute atomic E-state index is 13.5. The van der Waals surface area contributed by atoms with Gasteiger partial charge in [-0.3, -0.25) is 14.5 Å². The quantitative estimate of drug-likeness (QED) is 0.845. The maximum atomic E-state index is 13.5. The van der Waals surface area contributed by atoms with E-state index in [9.17, 15) is 22.8 Å². The largest absolute Gasteiger partial charge is 0.442 e. The lowest BCUT2D eigenvalue weighted by atomic mass is 10.1. The van der Waals surface area contributed by atoms with Gasteiger partial charge in [-0.05, 0) is 19.8 Å². The highest BCUT2D eigenvalue weighted by atomic mass is 19.4. The minimum absolute atomic E-state index is 0.00352. The lowest BCUT2D eigenvalue weighted by molar-refractivity contribution is -0.200. The van der Waals surface area contributed by atoms with Crippen LogP contribution in [0.15, 0.2) is 4.99 Å². The maximum Gasteiger partial charge on any atom is 0.442 e. The molecule has 6 nitrogen and oxygen atoms in total. The molecule has 1 N–H and O–H groups in total. The van der Waals surface area contributed by atoms with Crippen molar-refractivity contribution in [2.45, 2.75) is 51.6 Å². The normalized spacial score (nSPS) is 28.5. The molecule has 0 radical (unpaired) electrons. The Bertz CT molecular complexity index is 527. The van der Waals surface area contributed by atoms with Crippen LogP contribution < -0.4 is 5.32 Å². The first kappa shape index (κ1) is 17.7. The summed E-state index contributed by atoms with van der Waals surface area (Å²) in [6.45, 7) is 4.74. The third-order valence-corrected chi connectivity index (χ3v) is 3.92. The highest BCUT2D eigenvalue weighted by Gasteiger charge is 2.66. The topological polar surface area (TPSA) is 71.0 Å².